The Kier molecular flexibility index (Phi) is 7.18. The van der Waals surface area contributed by atoms with Gasteiger partial charge in [0.05, 0.1) is 0 Å². The van der Waals surface area contributed by atoms with Crippen LogP contribution in [0.2, 0.25) is 0 Å². The molecule has 0 aromatic carbocycles. The largest absolute Gasteiger partial charge is 0.314 e. The van der Waals surface area contributed by atoms with Crippen molar-refractivity contribution in [2.75, 3.05) is 6.54 Å². The highest BCUT2D eigenvalue weighted by Gasteiger charge is 2.30. The van der Waals surface area contributed by atoms with E-state index in [0.717, 1.165) is 30.3 Å². The Bertz CT molecular complexity index is 188. The van der Waals surface area contributed by atoms with Gasteiger partial charge in [-0.15, -0.1) is 0 Å². The monoisotopic (exact) mass is 239 g/mol. The smallest absolute Gasteiger partial charge is 0.00954 e. The fourth-order valence-corrected chi connectivity index (χ4v) is 3.41. The Balaban J connectivity index is 2.43. The minimum atomic E-state index is 0.812. The first kappa shape index (κ1) is 15.0. The van der Waals surface area contributed by atoms with Crippen LogP contribution in [0.25, 0.3) is 0 Å². The molecule has 0 aliphatic heterocycles. The van der Waals surface area contributed by atoms with Crippen LogP contribution in [0.3, 0.4) is 0 Å². The Hall–Kier alpha value is -0.0400. The molecule has 3 unspecified atom stereocenters. The molecular weight excluding hydrogens is 206 g/mol. The van der Waals surface area contributed by atoms with Gasteiger partial charge in [-0.25, -0.2) is 0 Å². The van der Waals surface area contributed by atoms with Crippen molar-refractivity contribution < 1.29 is 0 Å². The summed E-state index contributed by atoms with van der Waals surface area (Å²) in [6.45, 7) is 10.5. The van der Waals surface area contributed by atoms with Crippen LogP contribution >= 0.6 is 0 Å². The number of rotatable bonds is 7. The zero-order valence-corrected chi connectivity index (χ0v) is 12.5. The zero-order valence-electron chi connectivity index (χ0n) is 12.5. The van der Waals surface area contributed by atoms with E-state index < -0.39 is 0 Å². The van der Waals surface area contributed by atoms with Crippen molar-refractivity contribution in [3.8, 4) is 0 Å². The number of unbranched alkanes of at least 4 members (excludes halogenated alkanes) is 2. The van der Waals surface area contributed by atoms with E-state index >= 15 is 0 Å². The highest BCUT2D eigenvalue weighted by atomic mass is 14.9. The Morgan fingerprint density at radius 3 is 2.47 bits per heavy atom. The van der Waals surface area contributed by atoms with Gasteiger partial charge in [-0.05, 0) is 50.0 Å². The molecule has 17 heavy (non-hydrogen) atoms. The van der Waals surface area contributed by atoms with Crippen LogP contribution in [0.1, 0.15) is 72.6 Å². The molecule has 102 valence electrons. The molecule has 0 heterocycles. The summed E-state index contributed by atoms with van der Waals surface area (Å²) in [5.41, 5.74) is 0. The summed E-state index contributed by atoms with van der Waals surface area (Å²) in [6.07, 6.45) is 9.99. The second kappa shape index (κ2) is 8.13. The summed E-state index contributed by atoms with van der Waals surface area (Å²) in [5, 5.41) is 3.72. The number of hydrogen-bond acceptors (Lipinski definition) is 1. The minimum Gasteiger partial charge on any atom is -0.314 e. The zero-order chi connectivity index (χ0) is 12.7. The molecule has 1 fully saturated rings. The first-order valence-corrected chi connectivity index (χ1v) is 7.92. The summed E-state index contributed by atoms with van der Waals surface area (Å²) < 4.78 is 0. The third-order valence-corrected chi connectivity index (χ3v) is 4.61. The van der Waals surface area contributed by atoms with Gasteiger partial charge in [-0.2, -0.15) is 0 Å². The van der Waals surface area contributed by atoms with Crippen molar-refractivity contribution in [2.24, 2.45) is 17.8 Å². The molecule has 1 N–H and O–H groups in total. The van der Waals surface area contributed by atoms with Crippen LogP contribution in [0.5, 0.6) is 0 Å². The molecule has 1 aliphatic carbocycles. The van der Waals surface area contributed by atoms with Gasteiger partial charge in [-0.1, -0.05) is 47.0 Å². The van der Waals surface area contributed by atoms with Crippen molar-refractivity contribution in [1.29, 1.82) is 0 Å². The third kappa shape index (κ3) is 4.99. The second-order valence-corrected chi connectivity index (χ2v) is 6.24. The molecule has 0 spiro atoms. The molecule has 0 bridgehead atoms. The van der Waals surface area contributed by atoms with Crippen LogP contribution < -0.4 is 5.32 Å². The average molecular weight is 239 g/mol. The first-order valence-electron chi connectivity index (χ1n) is 7.92. The quantitative estimate of drug-likeness (QED) is 0.639. The lowest BCUT2D eigenvalue weighted by Gasteiger charge is -2.38. The van der Waals surface area contributed by atoms with Gasteiger partial charge < -0.3 is 5.32 Å². The van der Waals surface area contributed by atoms with E-state index in [1.807, 2.05) is 0 Å². The number of hydrogen-bond donors (Lipinski definition) is 1. The lowest BCUT2D eigenvalue weighted by Crippen LogP contribution is -2.41. The van der Waals surface area contributed by atoms with Crippen molar-refractivity contribution >= 4 is 0 Å². The summed E-state index contributed by atoms with van der Waals surface area (Å²) >= 11 is 0. The van der Waals surface area contributed by atoms with Crippen LogP contribution in [-0.4, -0.2) is 12.6 Å². The molecule has 0 aromatic heterocycles. The summed E-state index contributed by atoms with van der Waals surface area (Å²) in [7, 11) is 0. The van der Waals surface area contributed by atoms with E-state index in [0.29, 0.717) is 0 Å². The fourth-order valence-electron chi connectivity index (χ4n) is 3.41. The molecule has 1 rings (SSSR count). The van der Waals surface area contributed by atoms with Crippen molar-refractivity contribution in [2.45, 2.75) is 78.7 Å². The van der Waals surface area contributed by atoms with E-state index in [4.69, 9.17) is 0 Å². The summed E-state index contributed by atoms with van der Waals surface area (Å²) in [6, 6.07) is 0.812. The van der Waals surface area contributed by atoms with Gasteiger partial charge in [0.1, 0.15) is 0 Å². The van der Waals surface area contributed by atoms with Gasteiger partial charge in [0, 0.05) is 6.04 Å². The van der Waals surface area contributed by atoms with Crippen LogP contribution in [-0.2, 0) is 0 Å². The van der Waals surface area contributed by atoms with Crippen molar-refractivity contribution in [3.05, 3.63) is 0 Å². The maximum atomic E-state index is 3.72. The molecule has 0 amide bonds. The predicted octanol–water partition coefficient (Wildman–Crippen LogP) is 4.62. The van der Waals surface area contributed by atoms with Crippen LogP contribution in [0.4, 0.5) is 0 Å². The van der Waals surface area contributed by atoms with Gasteiger partial charge in [0.25, 0.3) is 0 Å². The SMILES string of the molecule is CCCCCC1CC(C(C)C)CCC1NCC. The third-order valence-electron chi connectivity index (χ3n) is 4.61. The Morgan fingerprint density at radius 2 is 1.88 bits per heavy atom. The standard InChI is InChI=1S/C16H33N/c1-5-7-8-9-15-12-14(13(3)4)10-11-16(15)17-6-2/h13-17H,5-12H2,1-4H3. The maximum Gasteiger partial charge on any atom is 0.00954 e. The highest BCUT2D eigenvalue weighted by molar-refractivity contribution is 4.85. The average Bonchev–Trinajstić information content (AvgIpc) is 2.31. The van der Waals surface area contributed by atoms with Gasteiger partial charge in [0.15, 0.2) is 0 Å². The van der Waals surface area contributed by atoms with E-state index in [9.17, 15) is 0 Å². The molecule has 3 atom stereocenters. The highest BCUT2D eigenvalue weighted by Crippen LogP contribution is 2.36. The second-order valence-electron chi connectivity index (χ2n) is 6.24. The lowest BCUT2D eigenvalue weighted by atomic mass is 9.72. The fraction of sp³-hybridized carbons (Fsp3) is 1.00. The summed E-state index contributed by atoms with van der Waals surface area (Å²) in [4.78, 5) is 0. The van der Waals surface area contributed by atoms with Crippen LogP contribution in [0, 0.1) is 17.8 Å². The maximum absolute atomic E-state index is 3.72. The normalized spacial score (nSPS) is 29.8. The van der Waals surface area contributed by atoms with Gasteiger partial charge >= 0.3 is 0 Å². The molecule has 1 nitrogen and oxygen atoms in total. The van der Waals surface area contributed by atoms with E-state index in [1.54, 1.807) is 0 Å². The van der Waals surface area contributed by atoms with Crippen molar-refractivity contribution in [1.82, 2.24) is 5.32 Å². The molecule has 0 saturated heterocycles. The predicted molar refractivity (Wildman–Crippen MR) is 77.3 cm³/mol. The first-order chi connectivity index (χ1) is 8.19. The molecule has 0 aromatic rings. The van der Waals surface area contributed by atoms with Gasteiger partial charge in [-0.3, -0.25) is 0 Å². The topological polar surface area (TPSA) is 12.0 Å². The van der Waals surface area contributed by atoms with E-state index in [-0.39, 0.29) is 0 Å². The number of nitrogens with one attached hydrogen (secondary N) is 1. The lowest BCUT2D eigenvalue weighted by molar-refractivity contribution is 0.159. The molecule has 1 saturated carbocycles. The molecular formula is C16H33N. The van der Waals surface area contributed by atoms with Gasteiger partial charge in [0.2, 0.25) is 0 Å². The van der Waals surface area contributed by atoms with Crippen LogP contribution in [0.15, 0.2) is 0 Å². The van der Waals surface area contributed by atoms with E-state index in [1.165, 1.54) is 44.9 Å². The molecule has 1 aliphatic rings. The molecule has 0 radical (unpaired) electrons. The van der Waals surface area contributed by atoms with Crippen molar-refractivity contribution in [3.63, 3.8) is 0 Å². The Morgan fingerprint density at radius 1 is 1.12 bits per heavy atom. The Labute approximate surface area is 109 Å². The minimum absolute atomic E-state index is 0.812. The van der Waals surface area contributed by atoms with E-state index in [2.05, 4.69) is 33.0 Å². The summed E-state index contributed by atoms with van der Waals surface area (Å²) in [5.74, 6) is 2.81. The molecule has 1 heteroatoms.